The van der Waals surface area contributed by atoms with Crippen LogP contribution in [0.2, 0.25) is 0 Å². The van der Waals surface area contributed by atoms with Gasteiger partial charge in [-0.15, -0.1) is 0 Å². The van der Waals surface area contributed by atoms with Crippen molar-refractivity contribution >= 4 is 40.4 Å². The van der Waals surface area contributed by atoms with Gasteiger partial charge in [-0.3, -0.25) is 9.78 Å². The molecule has 3 aromatic rings. The number of aromatic nitrogens is 3. The smallest absolute Gasteiger partial charge is 0.247 e. The van der Waals surface area contributed by atoms with E-state index in [-0.39, 0.29) is 11.3 Å². The summed E-state index contributed by atoms with van der Waals surface area (Å²) < 4.78 is 5.83. The Hall–Kier alpha value is -4.18. The number of hydrogen-bond acceptors (Lipinski definition) is 9. The molecule has 2 aromatic heterocycles. The lowest BCUT2D eigenvalue weighted by Gasteiger charge is -2.31. The molecule has 1 fully saturated rings. The number of carbonyl (C=O) groups excluding carboxylic acids is 1. The standard InChI is InChI=1S/C31H40N8O2/c1-8-28(40)34-22-16-23(26(41-7)17-25(22)38-15-9-10-21(38)18-37(5)6)35-30-32-14-13-27(36-30)39-19-31(3,4)29-24(39)12-11-20(2)33-29/h8,11-14,16-17,21H,1,9-10,15,18-19H2,2-7H3,(H,34,40)(H,32,35,36). The van der Waals surface area contributed by atoms with Gasteiger partial charge in [0.15, 0.2) is 0 Å². The van der Waals surface area contributed by atoms with Gasteiger partial charge in [0, 0.05) is 49.0 Å². The molecule has 0 saturated carbocycles. The third kappa shape index (κ3) is 5.83. The highest BCUT2D eigenvalue weighted by molar-refractivity contribution is 6.02. The highest BCUT2D eigenvalue weighted by atomic mass is 16.5. The van der Waals surface area contributed by atoms with E-state index in [4.69, 9.17) is 14.7 Å². The van der Waals surface area contributed by atoms with Crippen LogP contribution in [0.15, 0.2) is 49.2 Å². The van der Waals surface area contributed by atoms with Crippen LogP contribution in [0.5, 0.6) is 5.75 Å². The molecule has 1 amide bonds. The van der Waals surface area contributed by atoms with Gasteiger partial charge in [-0.25, -0.2) is 4.98 Å². The topological polar surface area (TPSA) is 98.8 Å². The van der Waals surface area contributed by atoms with Crippen LogP contribution in [-0.4, -0.2) is 72.6 Å². The molecule has 10 heteroatoms. The fourth-order valence-electron chi connectivity index (χ4n) is 5.83. The predicted octanol–water partition coefficient (Wildman–Crippen LogP) is 5.02. The quantitative estimate of drug-likeness (QED) is 0.352. The first-order valence-electron chi connectivity index (χ1n) is 14.0. The summed E-state index contributed by atoms with van der Waals surface area (Å²) >= 11 is 0. The summed E-state index contributed by atoms with van der Waals surface area (Å²) in [5, 5.41) is 6.35. The van der Waals surface area contributed by atoms with Crippen molar-refractivity contribution in [3.8, 4) is 5.75 Å². The first-order valence-corrected chi connectivity index (χ1v) is 14.0. The molecule has 216 valence electrons. The van der Waals surface area contributed by atoms with Crippen LogP contribution in [-0.2, 0) is 10.2 Å². The van der Waals surface area contributed by atoms with E-state index < -0.39 is 0 Å². The average Bonchev–Trinajstić information content (AvgIpc) is 3.49. The van der Waals surface area contributed by atoms with E-state index in [2.05, 4.69) is 70.9 Å². The zero-order chi connectivity index (χ0) is 29.3. The van der Waals surface area contributed by atoms with E-state index in [0.717, 1.165) is 61.1 Å². The summed E-state index contributed by atoms with van der Waals surface area (Å²) in [4.78, 5) is 33.4. The molecule has 5 rings (SSSR count). The number of benzene rings is 1. The lowest BCUT2D eigenvalue weighted by atomic mass is 9.91. The number of rotatable bonds is 9. The van der Waals surface area contributed by atoms with Gasteiger partial charge in [-0.1, -0.05) is 20.4 Å². The normalized spacial score (nSPS) is 17.5. The number of methoxy groups -OCH3 is 1. The lowest BCUT2D eigenvalue weighted by molar-refractivity contribution is -0.111. The number of aryl methyl sites for hydroxylation is 1. The molecule has 0 spiro atoms. The Balaban J connectivity index is 1.49. The van der Waals surface area contributed by atoms with E-state index in [1.807, 2.05) is 31.2 Å². The monoisotopic (exact) mass is 556 g/mol. The van der Waals surface area contributed by atoms with E-state index in [1.54, 1.807) is 13.3 Å². The van der Waals surface area contributed by atoms with Gasteiger partial charge < -0.3 is 30.1 Å². The van der Waals surface area contributed by atoms with Gasteiger partial charge in [0.05, 0.1) is 35.6 Å². The molecule has 10 nitrogen and oxygen atoms in total. The summed E-state index contributed by atoms with van der Waals surface area (Å²) in [6.07, 6.45) is 5.19. The maximum atomic E-state index is 12.5. The number of carbonyl (C=O) groups is 1. The van der Waals surface area contributed by atoms with Gasteiger partial charge >= 0.3 is 0 Å². The van der Waals surface area contributed by atoms with Gasteiger partial charge in [-0.05, 0) is 64.2 Å². The van der Waals surface area contributed by atoms with Crippen LogP contribution in [0.25, 0.3) is 0 Å². The van der Waals surface area contributed by atoms with Crippen molar-refractivity contribution in [2.24, 2.45) is 0 Å². The molecule has 1 unspecified atom stereocenters. The van der Waals surface area contributed by atoms with E-state index in [0.29, 0.717) is 29.1 Å². The maximum absolute atomic E-state index is 12.5. The largest absolute Gasteiger partial charge is 0.494 e. The van der Waals surface area contributed by atoms with E-state index in [1.165, 1.54) is 6.08 Å². The van der Waals surface area contributed by atoms with Gasteiger partial charge in [-0.2, -0.15) is 4.98 Å². The van der Waals surface area contributed by atoms with Gasteiger partial charge in [0.1, 0.15) is 11.6 Å². The summed E-state index contributed by atoms with van der Waals surface area (Å²) in [6.45, 7) is 12.6. The summed E-state index contributed by atoms with van der Waals surface area (Å²) in [5.74, 6) is 1.56. The first kappa shape index (κ1) is 28.4. The van der Waals surface area contributed by atoms with Crippen LogP contribution >= 0.6 is 0 Å². The number of amides is 1. The minimum absolute atomic E-state index is 0.114. The molecular weight excluding hydrogens is 516 g/mol. The van der Waals surface area contributed by atoms with Crippen molar-refractivity contribution in [3.05, 3.63) is 60.6 Å². The SMILES string of the molecule is C=CC(=O)Nc1cc(Nc2nccc(N3CC(C)(C)c4nc(C)ccc43)n2)c(OC)cc1N1CCCC1CN(C)C. The number of pyridine rings is 1. The molecule has 1 atom stereocenters. The second-order valence-electron chi connectivity index (χ2n) is 11.7. The Kier molecular flexibility index (Phi) is 7.86. The minimum atomic E-state index is -0.275. The number of nitrogens with one attached hydrogen (secondary N) is 2. The fraction of sp³-hybridized carbons (Fsp3) is 0.419. The molecule has 0 radical (unpaired) electrons. The van der Waals surface area contributed by atoms with Crippen LogP contribution in [0, 0.1) is 6.92 Å². The van der Waals surface area contributed by atoms with Crippen LogP contribution in [0.1, 0.15) is 38.1 Å². The number of nitrogens with zero attached hydrogens (tertiary/aromatic N) is 6. The molecule has 2 aliphatic rings. The second-order valence-corrected chi connectivity index (χ2v) is 11.7. The summed E-state index contributed by atoms with van der Waals surface area (Å²) in [7, 11) is 5.80. The Labute approximate surface area is 242 Å². The Bertz CT molecular complexity index is 1450. The van der Waals surface area contributed by atoms with Crippen molar-refractivity contribution < 1.29 is 9.53 Å². The van der Waals surface area contributed by atoms with Gasteiger partial charge in [0.2, 0.25) is 11.9 Å². The highest BCUT2D eigenvalue weighted by Gasteiger charge is 2.38. The predicted molar refractivity (Wildman–Crippen MR) is 165 cm³/mol. The zero-order valence-electron chi connectivity index (χ0n) is 24.9. The van der Waals surface area contributed by atoms with Crippen molar-refractivity contribution in [2.75, 3.05) is 61.3 Å². The molecule has 2 aliphatic heterocycles. The number of anilines is 6. The third-order valence-electron chi connectivity index (χ3n) is 7.69. The average molecular weight is 557 g/mol. The number of ether oxygens (including phenoxy) is 1. The molecule has 1 aromatic carbocycles. The number of likely N-dealkylation sites (N-methyl/N-ethyl adjacent to an activating group) is 1. The Morgan fingerprint density at radius 3 is 2.73 bits per heavy atom. The molecule has 0 aliphatic carbocycles. The van der Waals surface area contributed by atoms with Gasteiger partial charge in [0.25, 0.3) is 0 Å². The zero-order valence-corrected chi connectivity index (χ0v) is 24.9. The van der Waals surface area contributed by atoms with Crippen LogP contribution in [0.3, 0.4) is 0 Å². The highest BCUT2D eigenvalue weighted by Crippen LogP contribution is 2.44. The van der Waals surface area contributed by atoms with Crippen LogP contribution < -0.4 is 25.2 Å². The van der Waals surface area contributed by atoms with E-state index in [9.17, 15) is 4.79 Å². The fourth-order valence-corrected chi connectivity index (χ4v) is 5.83. The molecular formula is C31H40N8O2. The summed E-state index contributed by atoms with van der Waals surface area (Å²) in [5.41, 5.74) is 5.25. The second kappa shape index (κ2) is 11.4. The van der Waals surface area contributed by atoms with E-state index >= 15 is 0 Å². The first-order chi connectivity index (χ1) is 19.6. The number of fused-ring (bicyclic) bond motifs is 1. The molecule has 41 heavy (non-hydrogen) atoms. The van der Waals surface area contributed by atoms with Crippen molar-refractivity contribution in [3.63, 3.8) is 0 Å². The van der Waals surface area contributed by atoms with Crippen molar-refractivity contribution in [2.45, 2.75) is 45.1 Å². The summed E-state index contributed by atoms with van der Waals surface area (Å²) in [6, 6.07) is 10.2. The van der Waals surface area contributed by atoms with Crippen molar-refractivity contribution in [1.82, 2.24) is 19.9 Å². The molecule has 4 heterocycles. The maximum Gasteiger partial charge on any atom is 0.247 e. The van der Waals surface area contributed by atoms with Crippen molar-refractivity contribution in [1.29, 1.82) is 0 Å². The lowest BCUT2D eigenvalue weighted by Crippen LogP contribution is -2.38. The third-order valence-corrected chi connectivity index (χ3v) is 7.69. The Morgan fingerprint density at radius 1 is 1.20 bits per heavy atom. The Morgan fingerprint density at radius 2 is 2.00 bits per heavy atom. The molecule has 2 N–H and O–H groups in total. The van der Waals surface area contributed by atoms with Crippen LogP contribution in [0.4, 0.5) is 34.5 Å². The molecule has 1 saturated heterocycles. The molecule has 0 bridgehead atoms. The minimum Gasteiger partial charge on any atom is -0.494 e. The number of hydrogen-bond donors (Lipinski definition) is 2.